The van der Waals surface area contributed by atoms with Crippen LogP contribution >= 0.6 is 0 Å². The predicted octanol–water partition coefficient (Wildman–Crippen LogP) is 1.13. The number of hydrogen-bond donors (Lipinski definition) is 1. The molecule has 0 aromatic carbocycles. The molecule has 0 radical (unpaired) electrons. The predicted molar refractivity (Wildman–Crippen MR) is 58.2 cm³/mol. The number of likely N-dealkylation sites (tertiary alicyclic amines) is 1. The number of hydrogen-bond acceptors (Lipinski definition) is 2. The lowest BCUT2D eigenvalue weighted by atomic mass is 10.0. The molecule has 1 spiro atoms. The van der Waals surface area contributed by atoms with Crippen LogP contribution in [0.4, 0.5) is 0 Å². The average molecular weight is 208 g/mol. The quantitative estimate of drug-likeness (QED) is 0.702. The van der Waals surface area contributed by atoms with Crippen LogP contribution in [0.5, 0.6) is 0 Å². The fourth-order valence-corrected chi connectivity index (χ4v) is 3.54. The SMILES string of the molecule is N[C@@H]1CCN(C(=O)C2CC23CCCC3)C1. The van der Waals surface area contributed by atoms with Crippen LogP contribution in [0.1, 0.15) is 38.5 Å². The summed E-state index contributed by atoms with van der Waals surface area (Å²) in [6.07, 6.45) is 7.42. The summed E-state index contributed by atoms with van der Waals surface area (Å²) < 4.78 is 0. The molecule has 3 heteroatoms. The Kier molecular flexibility index (Phi) is 2.06. The molecule has 3 aliphatic rings. The van der Waals surface area contributed by atoms with Gasteiger partial charge < -0.3 is 10.6 Å². The van der Waals surface area contributed by atoms with Crippen LogP contribution < -0.4 is 5.73 Å². The first-order valence-electron chi connectivity index (χ1n) is 6.26. The van der Waals surface area contributed by atoms with Crippen LogP contribution in [0.15, 0.2) is 0 Å². The maximum Gasteiger partial charge on any atom is 0.226 e. The van der Waals surface area contributed by atoms with Crippen molar-refractivity contribution in [1.29, 1.82) is 0 Å². The lowest BCUT2D eigenvalue weighted by Gasteiger charge is -2.17. The summed E-state index contributed by atoms with van der Waals surface area (Å²) in [5.41, 5.74) is 6.28. The number of carbonyl (C=O) groups excluding carboxylic acids is 1. The van der Waals surface area contributed by atoms with Crippen molar-refractivity contribution in [3.05, 3.63) is 0 Å². The van der Waals surface area contributed by atoms with Gasteiger partial charge >= 0.3 is 0 Å². The average Bonchev–Trinajstić information content (AvgIpc) is 2.60. The highest BCUT2D eigenvalue weighted by Gasteiger charge is 2.59. The van der Waals surface area contributed by atoms with Crippen molar-refractivity contribution >= 4 is 5.91 Å². The first-order chi connectivity index (χ1) is 7.21. The van der Waals surface area contributed by atoms with E-state index in [0.29, 0.717) is 17.2 Å². The van der Waals surface area contributed by atoms with E-state index in [1.807, 2.05) is 4.90 Å². The van der Waals surface area contributed by atoms with E-state index in [1.165, 1.54) is 25.7 Å². The molecule has 0 aromatic rings. The first kappa shape index (κ1) is 9.64. The largest absolute Gasteiger partial charge is 0.341 e. The number of carbonyl (C=O) groups is 1. The summed E-state index contributed by atoms with van der Waals surface area (Å²) in [6.45, 7) is 1.69. The molecule has 3 nitrogen and oxygen atoms in total. The van der Waals surface area contributed by atoms with E-state index >= 15 is 0 Å². The smallest absolute Gasteiger partial charge is 0.226 e. The van der Waals surface area contributed by atoms with Gasteiger partial charge in [-0.15, -0.1) is 0 Å². The van der Waals surface area contributed by atoms with Gasteiger partial charge in [0.1, 0.15) is 0 Å². The van der Waals surface area contributed by atoms with E-state index in [-0.39, 0.29) is 6.04 Å². The molecule has 84 valence electrons. The monoisotopic (exact) mass is 208 g/mol. The third kappa shape index (κ3) is 1.48. The molecule has 1 amide bonds. The van der Waals surface area contributed by atoms with Crippen LogP contribution in [0.2, 0.25) is 0 Å². The normalized spacial score (nSPS) is 37.5. The van der Waals surface area contributed by atoms with Crippen molar-refractivity contribution < 1.29 is 4.79 Å². The second kappa shape index (κ2) is 3.21. The van der Waals surface area contributed by atoms with Gasteiger partial charge in [-0.1, -0.05) is 12.8 Å². The van der Waals surface area contributed by atoms with Gasteiger partial charge in [-0.25, -0.2) is 0 Å². The highest BCUT2D eigenvalue weighted by Crippen LogP contribution is 2.63. The van der Waals surface area contributed by atoms with Crippen LogP contribution in [0.3, 0.4) is 0 Å². The molecular formula is C12H20N2O. The van der Waals surface area contributed by atoms with Crippen molar-refractivity contribution in [2.45, 2.75) is 44.6 Å². The summed E-state index contributed by atoms with van der Waals surface area (Å²) in [4.78, 5) is 14.2. The number of amides is 1. The molecule has 2 saturated carbocycles. The molecule has 3 fully saturated rings. The van der Waals surface area contributed by atoms with Crippen LogP contribution in [-0.4, -0.2) is 29.9 Å². The lowest BCUT2D eigenvalue weighted by Crippen LogP contribution is -2.34. The maximum absolute atomic E-state index is 12.2. The summed E-state index contributed by atoms with van der Waals surface area (Å²) >= 11 is 0. The molecule has 2 aliphatic carbocycles. The van der Waals surface area contributed by atoms with E-state index < -0.39 is 0 Å². The summed E-state index contributed by atoms with van der Waals surface area (Å²) in [5, 5.41) is 0. The number of nitrogens with zero attached hydrogens (tertiary/aromatic N) is 1. The Morgan fingerprint density at radius 3 is 2.67 bits per heavy atom. The van der Waals surface area contributed by atoms with Crippen molar-refractivity contribution in [3.63, 3.8) is 0 Å². The standard InChI is InChI=1S/C12H20N2O/c13-9-3-6-14(8-9)11(15)10-7-12(10)4-1-2-5-12/h9-10H,1-8,13H2/t9-,10?/m1/s1. The zero-order valence-electron chi connectivity index (χ0n) is 9.24. The molecule has 0 bridgehead atoms. The van der Waals surface area contributed by atoms with Gasteiger partial charge in [0.25, 0.3) is 0 Å². The minimum absolute atomic E-state index is 0.229. The van der Waals surface area contributed by atoms with Crippen LogP contribution in [-0.2, 0) is 4.79 Å². The van der Waals surface area contributed by atoms with Crippen LogP contribution in [0.25, 0.3) is 0 Å². The second-order valence-electron chi connectivity index (χ2n) is 5.66. The van der Waals surface area contributed by atoms with E-state index in [0.717, 1.165) is 25.9 Å². The third-order valence-electron chi connectivity index (χ3n) is 4.62. The fourth-order valence-electron chi connectivity index (χ4n) is 3.54. The Labute approximate surface area is 91.0 Å². The van der Waals surface area contributed by atoms with Gasteiger partial charge in [-0.05, 0) is 31.1 Å². The fraction of sp³-hybridized carbons (Fsp3) is 0.917. The zero-order chi connectivity index (χ0) is 10.5. The number of rotatable bonds is 1. The molecule has 1 heterocycles. The lowest BCUT2D eigenvalue weighted by molar-refractivity contribution is -0.132. The molecule has 0 aromatic heterocycles. The minimum atomic E-state index is 0.229. The highest BCUT2D eigenvalue weighted by atomic mass is 16.2. The second-order valence-corrected chi connectivity index (χ2v) is 5.66. The molecule has 1 aliphatic heterocycles. The summed E-state index contributed by atoms with van der Waals surface area (Å²) in [6, 6.07) is 0.229. The molecule has 3 rings (SSSR count). The van der Waals surface area contributed by atoms with Gasteiger partial charge in [-0.3, -0.25) is 4.79 Å². The van der Waals surface area contributed by atoms with E-state index in [4.69, 9.17) is 5.73 Å². The molecular weight excluding hydrogens is 188 g/mol. The van der Waals surface area contributed by atoms with Gasteiger partial charge in [-0.2, -0.15) is 0 Å². The maximum atomic E-state index is 12.2. The molecule has 2 N–H and O–H groups in total. The van der Waals surface area contributed by atoms with Crippen molar-refractivity contribution in [3.8, 4) is 0 Å². The highest BCUT2D eigenvalue weighted by molar-refractivity contribution is 5.83. The molecule has 1 saturated heterocycles. The van der Waals surface area contributed by atoms with Crippen molar-refractivity contribution in [1.82, 2.24) is 4.90 Å². The Morgan fingerprint density at radius 2 is 2.07 bits per heavy atom. The number of nitrogens with two attached hydrogens (primary N) is 1. The van der Waals surface area contributed by atoms with Crippen LogP contribution in [0, 0.1) is 11.3 Å². The van der Waals surface area contributed by atoms with Crippen molar-refractivity contribution in [2.75, 3.05) is 13.1 Å². The topological polar surface area (TPSA) is 46.3 Å². The van der Waals surface area contributed by atoms with Gasteiger partial charge in [0, 0.05) is 25.0 Å². The Bertz CT molecular complexity index is 283. The van der Waals surface area contributed by atoms with Gasteiger partial charge in [0.2, 0.25) is 5.91 Å². The first-order valence-corrected chi connectivity index (χ1v) is 6.26. The zero-order valence-corrected chi connectivity index (χ0v) is 9.24. The van der Waals surface area contributed by atoms with Gasteiger partial charge in [0.15, 0.2) is 0 Å². The molecule has 15 heavy (non-hydrogen) atoms. The van der Waals surface area contributed by atoms with Crippen molar-refractivity contribution in [2.24, 2.45) is 17.1 Å². The Hall–Kier alpha value is -0.570. The van der Waals surface area contributed by atoms with E-state index in [2.05, 4.69) is 0 Å². The summed E-state index contributed by atoms with van der Waals surface area (Å²) in [7, 11) is 0. The summed E-state index contributed by atoms with van der Waals surface area (Å²) in [5.74, 6) is 0.773. The molecule has 1 unspecified atom stereocenters. The third-order valence-corrected chi connectivity index (χ3v) is 4.62. The minimum Gasteiger partial charge on any atom is -0.341 e. The van der Waals surface area contributed by atoms with E-state index in [1.54, 1.807) is 0 Å². The Balaban J connectivity index is 1.62. The molecule has 2 atom stereocenters. The van der Waals surface area contributed by atoms with E-state index in [9.17, 15) is 4.79 Å². The Morgan fingerprint density at radius 1 is 1.33 bits per heavy atom. The van der Waals surface area contributed by atoms with Gasteiger partial charge in [0.05, 0.1) is 0 Å².